The Bertz CT molecular complexity index is 402. The molecule has 0 saturated carbocycles. The molecule has 3 N–H and O–H groups in total. The zero-order valence-electron chi connectivity index (χ0n) is 10.1. The molecule has 7 heteroatoms. The number of ether oxygens (including phenoxy) is 2. The van der Waals surface area contributed by atoms with Crippen LogP contribution < -0.4 is 16.0 Å². The minimum absolute atomic E-state index is 0.137. The molecular formula is C12H15F3N2O2. The van der Waals surface area contributed by atoms with Gasteiger partial charge in [0.1, 0.15) is 5.75 Å². The molecule has 0 radical (unpaired) electrons. The predicted octanol–water partition coefficient (Wildman–Crippen LogP) is 2.13. The Kier molecular flexibility index (Phi) is 4.28. The number of nitrogens with one attached hydrogen (secondary N) is 1. The van der Waals surface area contributed by atoms with E-state index in [2.05, 4.69) is 10.2 Å². The van der Waals surface area contributed by atoms with Crippen LogP contribution in [0.2, 0.25) is 0 Å². The third-order valence-electron chi connectivity index (χ3n) is 3.09. The molecule has 0 aromatic heterocycles. The predicted molar refractivity (Wildman–Crippen MR) is 62.1 cm³/mol. The van der Waals surface area contributed by atoms with Gasteiger partial charge in [-0.15, -0.1) is 13.2 Å². The summed E-state index contributed by atoms with van der Waals surface area (Å²) in [5.41, 5.74) is 3.50. The van der Waals surface area contributed by atoms with Gasteiger partial charge in [0.2, 0.25) is 0 Å². The van der Waals surface area contributed by atoms with Crippen molar-refractivity contribution >= 4 is 0 Å². The molecule has 0 spiro atoms. The summed E-state index contributed by atoms with van der Waals surface area (Å²) < 4.78 is 45.2. The van der Waals surface area contributed by atoms with Crippen molar-refractivity contribution in [2.24, 2.45) is 11.8 Å². The number of alkyl halides is 3. The highest BCUT2D eigenvalue weighted by Crippen LogP contribution is 2.30. The second-order valence-electron chi connectivity index (χ2n) is 4.38. The molecule has 0 bridgehead atoms. The first-order chi connectivity index (χ1) is 8.99. The van der Waals surface area contributed by atoms with Crippen LogP contribution in [0.5, 0.6) is 5.75 Å². The Labute approximate surface area is 108 Å². The van der Waals surface area contributed by atoms with E-state index in [0.717, 1.165) is 12.0 Å². The lowest BCUT2D eigenvalue weighted by molar-refractivity contribution is -0.274. The summed E-state index contributed by atoms with van der Waals surface area (Å²) in [5, 5.41) is 0. The van der Waals surface area contributed by atoms with E-state index in [-0.39, 0.29) is 17.7 Å². The van der Waals surface area contributed by atoms with Gasteiger partial charge in [0.25, 0.3) is 0 Å². The molecule has 1 aliphatic heterocycles. The Balaban J connectivity index is 2.07. The monoisotopic (exact) mass is 276 g/mol. The Morgan fingerprint density at radius 3 is 2.47 bits per heavy atom. The van der Waals surface area contributed by atoms with Crippen LogP contribution in [0.25, 0.3) is 0 Å². The molecule has 1 aliphatic rings. The summed E-state index contributed by atoms with van der Waals surface area (Å²) in [6.45, 7) is 1.27. The van der Waals surface area contributed by atoms with Crippen LogP contribution in [-0.2, 0) is 4.74 Å². The van der Waals surface area contributed by atoms with Crippen LogP contribution in [0.15, 0.2) is 24.3 Å². The summed E-state index contributed by atoms with van der Waals surface area (Å²) in [6.07, 6.45) is -3.80. The lowest BCUT2D eigenvalue weighted by atomic mass is 9.93. The number of hydrogen-bond acceptors (Lipinski definition) is 4. The van der Waals surface area contributed by atoms with Crippen molar-refractivity contribution < 1.29 is 22.6 Å². The minimum atomic E-state index is -4.67. The van der Waals surface area contributed by atoms with Gasteiger partial charge < -0.3 is 9.47 Å². The van der Waals surface area contributed by atoms with E-state index in [1.54, 1.807) is 12.1 Å². The fourth-order valence-corrected chi connectivity index (χ4v) is 2.20. The Hall–Kier alpha value is -1.31. The van der Waals surface area contributed by atoms with Crippen LogP contribution in [0.4, 0.5) is 13.2 Å². The summed E-state index contributed by atoms with van der Waals surface area (Å²) in [5.74, 6) is 5.49. The minimum Gasteiger partial charge on any atom is -0.406 e. The van der Waals surface area contributed by atoms with Crippen LogP contribution in [0, 0.1) is 5.92 Å². The van der Waals surface area contributed by atoms with Gasteiger partial charge in [0, 0.05) is 12.5 Å². The lowest BCUT2D eigenvalue weighted by Crippen LogP contribution is -2.33. The first-order valence-corrected chi connectivity index (χ1v) is 5.89. The van der Waals surface area contributed by atoms with Crippen molar-refractivity contribution in [3.05, 3.63) is 29.8 Å². The highest BCUT2D eigenvalue weighted by atomic mass is 19.4. The number of hydrogen-bond donors (Lipinski definition) is 2. The highest BCUT2D eigenvalue weighted by Gasteiger charge is 2.31. The molecule has 1 aromatic carbocycles. The van der Waals surface area contributed by atoms with Crippen molar-refractivity contribution in [2.45, 2.75) is 18.8 Å². The number of rotatable bonds is 4. The van der Waals surface area contributed by atoms with Crippen molar-refractivity contribution in [1.82, 2.24) is 5.43 Å². The van der Waals surface area contributed by atoms with Gasteiger partial charge in [0.15, 0.2) is 0 Å². The second-order valence-corrected chi connectivity index (χ2v) is 4.38. The van der Waals surface area contributed by atoms with E-state index >= 15 is 0 Å². The smallest absolute Gasteiger partial charge is 0.406 e. The van der Waals surface area contributed by atoms with E-state index in [4.69, 9.17) is 10.6 Å². The van der Waals surface area contributed by atoms with Gasteiger partial charge in [-0.25, -0.2) is 0 Å². The van der Waals surface area contributed by atoms with Gasteiger partial charge in [-0.1, -0.05) is 12.1 Å². The first-order valence-electron chi connectivity index (χ1n) is 5.89. The van der Waals surface area contributed by atoms with Gasteiger partial charge in [-0.05, 0) is 24.1 Å². The summed E-state index contributed by atoms with van der Waals surface area (Å²) in [4.78, 5) is 0. The van der Waals surface area contributed by atoms with Crippen molar-refractivity contribution in [1.29, 1.82) is 0 Å². The largest absolute Gasteiger partial charge is 0.573 e. The maximum Gasteiger partial charge on any atom is 0.573 e. The number of halogens is 3. The topological polar surface area (TPSA) is 56.5 Å². The molecule has 1 fully saturated rings. The Morgan fingerprint density at radius 2 is 2.00 bits per heavy atom. The molecule has 19 heavy (non-hydrogen) atoms. The molecule has 1 saturated heterocycles. The number of benzene rings is 1. The first kappa shape index (κ1) is 14.1. The number of nitrogens with two attached hydrogens (primary N) is 1. The molecule has 4 nitrogen and oxygen atoms in total. The van der Waals surface area contributed by atoms with Crippen molar-refractivity contribution in [3.8, 4) is 5.75 Å². The molecular weight excluding hydrogens is 261 g/mol. The number of hydrazine groups is 1. The average Bonchev–Trinajstić information content (AvgIpc) is 2.84. The van der Waals surface area contributed by atoms with Crippen LogP contribution >= 0.6 is 0 Å². The van der Waals surface area contributed by atoms with E-state index in [1.165, 1.54) is 12.1 Å². The van der Waals surface area contributed by atoms with Crippen LogP contribution in [0.3, 0.4) is 0 Å². The summed E-state index contributed by atoms with van der Waals surface area (Å²) in [6, 6.07) is 5.57. The van der Waals surface area contributed by atoms with Gasteiger partial charge in [-0.3, -0.25) is 11.3 Å². The zero-order chi connectivity index (χ0) is 13.9. The third-order valence-corrected chi connectivity index (χ3v) is 3.09. The summed E-state index contributed by atoms with van der Waals surface area (Å²) in [7, 11) is 0. The van der Waals surface area contributed by atoms with Crippen LogP contribution in [0.1, 0.15) is 18.0 Å². The normalized spacial score (nSPS) is 21.4. The van der Waals surface area contributed by atoms with Crippen molar-refractivity contribution in [2.75, 3.05) is 13.2 Å². The van der Waals surface area contributed by atoms with Crippen molar-refractivity contribution in [3.63, 3.8) is 0 Å². The molecule has 1 aromatic rings. The fraction of sp³-hybridized carbons (Fsp3) is 0.500. The fourth-order valence-electron chi connectivity index (χ4n) is 2.20. The van der Waals surface area contributed by atoms with Gasteiger partial charge in [-0.2, -0.15) is 0 Å². The molecule has 0 amide bonds. The average molecular weight is 276 g/mol. The standard InChI is InChI=1S/C12H15F3N2O2/c13-12(14,15)19-10-3-1-8(2-4-10)11(17-16)9-5-6-18-7-9/h1-4,9,11,17H,5-7,16H2. The zero-order valence-corrected chi connectivity index (χ0v) is 10.1. The maximum atomic E-state index is 12.0. The highest BCUT2D eigenvalue weighted by molar-refractivity contribution is 5.29. The molecule has 1 heterocycles. The van der Waals surface area contributed by atoms with Crippen LogP contribution in [-0.4, -0.2) is 19.6 Å². The second kappa shape index (κ2) is 5.77. The molecule has 0 aliphatic carbocycles. The lowest BCUT2D eigenvalue weighted by Gasteiger charge is -2.22. The quantitative estimate of drug-likeness (QED) is 0.653. The van der Waals surface area contributed by atoms with Gasteiger partial charge >= 0.3 is 6.36 Å². The van der Waals surface area contributed by atoms with E-state index in [0.29, 0.717) is 13.2 Å². The molecule has 2 rings (SSSR count). The summed E-state index contributed by atoms with van der Waals surface area (Å²) >= 11 is 0. The molecule has 106 valence electrons. The van der Waals surface area contributed by atoms with E-state index in [1.807, 2.05) is 0 Å². The van der Waals surface area contributed by atoms with E-state index < -0.39 is 6.36 Å². The Morgan fingerprint density at radius 1 is 1.32 bits per heavy atom. The molecule has 2 atom stereocenters. The third kappa shape index (κ3) is 3.82. The van der Waals surface area contributed by atoms with E-state index in [9.17, 15) is 13.2 Å². The maximum absolute atomic E-state index is 12.0. The van der Waals surface area contributed by atoms with Gasteiger partial charge in [0.05, 0.1) is 12.6 Å². The SMILES string of the molecule is NNC(c1ccc(OC(F)(F)F)cc1)C1CCOC1. The molecule has 2 unspecified atom stereocenters.